The van der Waals surface area contributed by atoms with Gasteiger partial charge in [-0.2, -0.15) is 0 Å². The summed E-state index contributed by atoms with van der Waals surface area (Å²) in [6.45, 7) is 5.86. The topological polar surface area (TPSA) is 51.7 Å². The van der Waals surface area contributed by atoms with Gasteiger partial charge in [0.25, 0.3) is 0 Å². The van der Waals surface area contributed by atoms with E-state index in [0.717, 1.165) is 48.2 Å². The quantitative estimate of drug-likeness (QED) is 0.742. The second-order valence-corrected chi connectivity index (χ2v) is 9.61. The molecule has 0 atom stereocenters. The van der Waals surface area contributed by atoms with E-state index in [-0.39, 0.29) is 6.03 Å². The third kappa shape index (κ3) is 4.71. The van der Waals surface area contributed by atoms with Crippen molar-refractivity contribution < 1.29 is 4.79 Å². The largest absolute Gasteiger partial charge is 0.357 e. The molecule has 2 saturated heterocycles. The third-order valence-corrected chi connectivity index (χ3v) is 7.37. The average molecular weight is 454 g/mol. The lowest BCUT2D eigenvalue weighted by atomic mass is 10.00. The normalized spacial score (nSPS) is 19.8. The van der Waals surface area contributed by atoms with Gasteiger partial charge >= 0.3 is 6.03 Å². The van der Waals surface area contributed by atoms with E-state index < -0.39 is 0 Å². The molecule has 3 aliphatic rings. The molecule has 2 fully saturated rings. The standard InChI is InChI=1S/C25H32ClN5O/c26-21-5-6-23-20(16-21)8-15-31(23)25(32)28-18-19-4-7-24(27-17-19)30-13-9-22(10-14-30)29-11-2-1-3-12-29/h4-7,16-17,22H,1-3,8-15,18H2,(H,28,32). The lowest BCUT2D eigenvalue weighted by molar-refractivity contribution is 0.141. The molecular formula is C25H32ClN5O. The van der Waals surface area contributed by atoms with Gasteiger partial charge in [-0.1, -0.05) is 24.1 Å². The zero-order chi connectivity index (χ0) is 21.9. The molecule has 0 unspecified atom stereocenters. The van der Waals surface area contributed by atoms with E-state index in [1.165, 1.54) is 45.2 Å². The minimum atomic E-state index is -0.0741. The van der Waals surface area contributed by atoms with E-state index in [1.807, 2.05) is 24.4 Å². The summed E-state index contributed by atoms with van der Waals surface area (Å²) < 4.78 is 0. The number of likely N-dealkylation sites (tertiary alicyclic amines) is 1. The number of nitrogens with one attached hydrogen (secondary N) is 1. The molecule has 7 heteroatoms. The molecule has 2 aromatic rings. The number of fused-ring (bicyclic) bond motifs is 1. The number of rotatable bonds is 4. The maximum Gasteiger partial charge on any atom is 0.322 e. The van der Waals surface area contributed by atoms with Crippen LogP contribution in [-0.4, -0.2) is 54.7 Å². The minimum absolute atomic E-state index is 0.0741. The van der Waals surface area contributed by atoms with Crippen molar-refractivity contribution in [2.45, 2.75) is 51.1 Å². The highest BCUT2D eigenvalue weighted by Gasteiger charge is 2.26. The monoisotopic (exact) mass is 453 g/mol. The molecule has 170 valence electrons. The highest BCUT2D eigenvalue weighted by atomic mass is 35.5. The van der Waals surface area contributed by atoms with Crippen LogP contribution in [0, 0.1) is 0 Å². The van der Waals surface area contributed by atoms with Crippen molar-refractivity contribution in [3.05, 3.63) is 52.7 Å². The Hall–Kier alpha value is -2.31. The Labute approximate surface area is 195 Å². The average Bonchev–Trinajstić information content (AvgIpc) is 3.27. The Morgan fingerprint density at radius 2 is 1.84 bits per heavy atom. The smallest absolute Gasteiger partial charge is 0.322 e. The summed E-state index contributed by atoms with van der Waals surface area (Å²) in [5.41, 5.74) is 3.09. The van der Waals surface area contributed by atoms with Crippen LogP contribution in [0.3, 0.4) is 0 Å². The Balaban J connectivity index is 1.11. The molecule has 0 radical (unpaired) electrons. The van der Waals surface area contributed by atoms with E-state index in [9.17, 15) is 4.79 Å². The first-order chi connectivity index (χ1) is 15.7. The zero-order valence-corrected chi connectivity index (χ0v) is 19.4. The van der Waals surface area contributed by atoms with Crippen molar-refractivity contribution in [1.29, 1.82) is 0 Å². The molecule has 1 N–H and O–H groups in total. The van der Waals surface area contributed by atoms with Crippen LogP contribution in [0.1, 0.15) is 43.2 Å². The van der Waals surface area contributed by atoms with Crippen LogP contribution in [0.25, 0.3) is 0 Å². The number of carbonyl (C=O) groups excluding carboxylic acids is 1. The summed E-state index contributed by atoms with van der Waals surface area (Å²) in [5.74, 6) is 1.04. The Morgan fingerprint density at radius 3 is 2.59 bits per heavy atom. The molecule has 0 spiro atoms. The number of urea groups is 1. The fourth-order valence-corrected chi connectivity index (χ4v) is 5.50. The number of benzene rings is 1. The molecule has 32 heavy (non-hydrogen) atoms. The van der Waals surface area contributed by atoms with E-state index >= 15 is 0 Å². The maximum absolute atomic E-state index is 12.7. The van der Waals surface area contributed by atoms with E-state index in [0.29, 0.717) is 18.1 Å². The van der Waals surface area contributed by atoms with Crippen LogP contribution >= 0.6 is 11.6 Å². The van der Waals surface area contributed by atoms with E-state index in [4.69, 9.17) is 16.6 Å². The highest BCUT2D eigenvalue weighted by molar-refractivity contribution is 6.30. The fourth-order valence-electron chi connectivity index (χ4n) is 5.31. The summed E-state index contributed by atoms with van der Waals surface area (Å²) >= 11 is 6.07. The van der Waals surface area contributed by atoms with Gasteiger partial charge in [-0.05, 0) is 80.6 Å². The molecule has 5 rings (SSSR count). The highest BCUT2D eigenvalue weighted by Crippen LogP contribution is 2.30. The number of aromatic nitrogens is 1. The van der Waals surface area contributed by atoms with E-state index in [1.54, 1.807) is 4.90 Å². The molecule has 0 aliphatic carbocycles. The number of hydrogen-bond acceptors (Lipinski definition) is 4. The first kappa shape index (κ1) is 21.5. The molecule has 1 aromatic heterocycles. The number of nitrogens with zero attached hydrogens (tertiary/aromatic N) is 4. The summed E-state index contributed by atoms with van der Waals surface area (Å²) in [6.07, 6.45) is 9.30. The Kier molecular flexibility index (Phi) is 6.51. The van der Waals surface area contributed by atoms with Crippen molar-refractivity contribution in [1.82, 2.24) is 15.2 Å². The van der Waals surface area contributed by atoms with Crippen LogP contribution in [-0.2, 0) is 13.0 Å². The van der Waals surface area contributed by atoms with Gasteiger partial charge < -0.3 is 15.1 Å². The Morgan fingerprint density at radius 1 is 1.03 bits per heavy atom. The maximum atomic E-state index is 12.7. The first-order valence-electron chi connectivity index (χ1n) is 11.9. The predicted molar refractivity (Wildman–Crippen MR) is 130 cm³/mol. The van der Waals surface area contributed by atoms with Gasteiger partial charge in [-0.25, -0.2) is 9.78 Å². The number of halogens is 1. The van der Waals surface area contributed by atoms with Crippen LogP contribution in [0.4, 0.5) is 16.3 Å². The molecule has 1 aromatic carbocycles. The van der Waals surface area contributed by atoms with Gasteiger partial charge in [-0.3, -0.25) is 4.90 Å². The lowest BCUT2D eigenvalue weighted by Crippen LogP contribution is -2.46. The minimum Gasteiger partial charge on any atom is -0.357 e. The van der Waals surface area contributed by atoms with Crippen molar-refractivity contribution in [2.24, 2.45) is 0 Å². The van der Waals surface area contributed by atoms with Gasteiger partial charge in [0.05, 0.1) is 0 Å². The van der Waals surface area contributed by atoms with Gasteiger partial charge in [0.15, 0.2) is 0 Å². The molecule has 3 aliphatic heterocycles. The number of carbonyl (C=O) groups is 1. The van der Waals surface area contributed by atoms with Crippen molar-refractivity contribution in [2.75, 3.05) is 42.5 Å². The zero-order valence-electron chi connectivity index (χ0n) is 18.6. The van der Waals surface area contributed by atoms with E-state index in [2.05, 4.69) is 27.2 Å². The lowest BCUT2D eigenvalue weighted by Gasteiger charge is -2.40. The van der Waals surface area contributed by atoms with Crippen molar-refractivity contribution in [3.63, 3.8) is 0 Å². The number of pyridine rings is 1. The number of amides is 2. The summed E-state index contributed by atoms with van der Waals surface area (Å²) in [5, 5.41) is 3.75. The van der Waals surface area contributed by atoms with Gasteiger partial charge in [0, 0.05) is 49.1 Å². The summed E-state index contributed by atoms with van der Waals surface area (Å²) in [7, 11) is 0. The molecule has 6 nitrogen and oxygen atoms in total. The first-order valence-corrected chi connectivity index (χ1v) is 12.3. The fraction of sp³-hybridized carbons (Fsp3) is 0.520. The molecule has 4 heterocycles. The van der Waals surface area contributed by atoms with Crippen molar-refractivity contribution >= 4 is 29.1 Å². The molecule has 0 bridgehead atoms. The third-order valence-electron chi connectivity index (χ3n) is 7.13. The summed E-state index contributed by atoms with van der Waals surface area (Å²) in [6, 6.07) is 10.6. The Bertz CT molecular complexity index is 936. The molecular weight excluding hydrogens is 422 g/mol. The summed E-state index contributed by atoms with van der Waals surface area (Å²) in [4.78, 5) is 24.3. The second kappa shape index (κ2) is 9.67. The van der Waals surface area contributed by atoms with Crippen molar-refractivity contribution in [3.8, 4) is 0 Å². The van der Waals surface area contributed by atoms with Gasteiger partial charge in [0.2, 0.25) is 0 Å². The second-order valence-electron chi connectivity index (χ2n) is 9.17. The number of anilines is 2. The molecule has 2 amide bonds. The van der Waals surface area contributed by atoms with Crippen LogP contribution < -0.4 is 15.1 Å². The van der Waals surface area contributed by atoms with Gasteiger partial charge in [-0.15, -0.1) is 0 Å². The number of hydrogen-bond donors (Lipinski definition) is 1. The van der Waals surface area contributed by atoms with Crippen LogP contribution in [0.5, 0.6) is 0 Å². The van der Waals surface area contributed by atoms with Crippen LogP contribution in [0.2, 0.25) is 5.02 Å². The van der Waals surface area contributed by atoms with Crippen LogP contribution in [0.15, 0.2) is 36.5 Å². The van der Waals surface area contributed by atoms with Gasteiger partial charge in [0.1, 0.15) is 5.82 Å². The predicted octanol–water partition coefficient (Wildman–Crippen LogP) is 4.46. The molecule has 0 saturated carbocycles. The SMILES string of the molecule is O=C(NCc1ccc(N2CCC(N3CCCCC3)CC2)nc1)N1CCc2cc(Cl)ccc21. The number of piperidine rings is 2.